The van der Waals surface area contributed by atoms with Crippen molar-refractivity contribution in [2.24, 2.45) is 0 Å². The molecule has 0 saturated carbocycles. The summed E-state index contributed by atoms with van der Waals surface area (Å²) in [6, 6.07) is 15.5. The quantitative estimate of drug-likeness (QED) is 0.843. The van der Waals surface area contributed by atoms with Gasteiger partial charge in [-0.15, -0.1) is 0 Å². The number of amides is 1. The summed E-state index contributed by atoms with van der Waals surface area (Å²) < 4.78 is 5.71. The molecular weight excluding hydrogens is 338 g/mol. The Hall–Kier alpha value is -2.84. The fourth-order valence-corrected chi connectivity index (χ4v) is 4.25. The van der Waals surface area contributed by atoms with Crippen LogP contribution in [-0.2, 0) is 4.79 Å². The number of nitrogens with zero attached hydrogens (tertiary/aromatic N) is 3. The van der Waals surface area contributed by atoms with Gasteiger partial charge in [-0.25, -0.2) is 0 Å². The number of nitriles is 1. The lowest BCUT2D eigenvalue weighted by atomic mass is 9.89. The number of rotatable bonds is 3. The summed E-state index contributed by atoms with van der Waals surface area (Å²) in [5.74, 6) is 0.949. The molecule has 2 aromatic carbocycles. The molecule has 0 radical (unpaired) electrons. The molecule has 138 valence electrons. The number of hydrogen-bond donors (Lipinski definition) is 0. The van der Waals surface area contributed by atoms with E-state index in [-0.39, 0.29) is 18.6 Å². The van der Waals surface area contributed by atoms with Crippen molar-refractivity contribution < 1.29 is 9.53 Å². The lowest BCUT2D eigenvalue weighted by Gasteiger charge is -2.36. The number of ether oxygens (including phenoxy) is 1. The molecule has 1 fully saturated rings. The first-order valence-corrected chi connectivity index (χ1v) is 9.31. The Labute approximate surface area is 159 Å². The zero-order valence-corrected chi connectivity index (χ0v) is 15.7. The molecule has 0 N–H and O–H groups in total. The Morgan fingerprint density at radius 1 is 1.26 bits per heavy atom. The highest BCUT2D eigenvalue weighted by molar-refractivity contribution is 5.98. The monoisotopic (exact) mass is 361 g/mol. The summed E-state index contributed by atoms with van der Waals surface area (Å²) >= 11 is 0. The number of anilines is 1. The molecule has 1 saturated heterocycles. The van der Waals surface area contributed by atoms with E-state index in [1.807, 2.05) is 4.90 Å². The minimum absolute atomic E-state index is 0.00171. The zero-order chi connectivity index (χ0) is 19.0. The van der Waals surface area contributed by atoms with E-state index >= 15 is 0 Å². The zero-order valence-electron chi connectivity index (χ0n) is 15.7. The number of carbonyl (C=O) groups excluding carboxylic acids is 1. The first-order chi connectivity index (χ1) is 13.1. The Balaban J connectivity index is 1.54. The van der Waals surface area contributed by atoms with E-state index in [2.05, 4.69) is 43.1 Å². The lowest BCUT2D eigenvalue weighted by Crippen LogP contribution is -2.48. The smallest absolute Gasteiger partial charge is 0.265 e. The van der Waals surface area contributed by atoms with E-state index in [1.165, 1.54) is 11.1 Å². The van der Waals surface area contributed by atoms with Gasteiger partial charge in [-0.05, 0) is 62.8 Å². The van der Waals surface area contributed by atoms with Gasteiger partial charge in [0.1, 0.15) is 5.75 Å². The van der Waals surface area contributed by atoms with Gasteiger partial charge in [0.2, 0.25) is 0 Å². The van der Waals surface area contributed by atoms with E-state index in [0.717, 1.165) is 25.2 Å². The largest absolute Gasteiger partial charge is 0.484 e. The summed E-state index contributed by atoms with van der Waals surface area (Å²) in [5.41, 5.74) is 4.10. The maximum atomic E-state index is 13.1. The summed E-state index contributed by atoms with van der Waals surface area (Å²) in [4.78, 5) is 17.4. The van der Waals surface area contributed by atoms with Crippen LogP contribution in [0.3, 0.4) is 0 Å². The van der Waals surface area contributed by atoms with Crippen LogP contribution in [0.15, 0.2) is 42.5 Å². The van der Waals surface area contributed by atoms with Gasteiger partial charge in [0.15, 0.2) is 6.61 Å². The summed E-state index contributed by atoms with van der Waals surface area (Å²) in [7, 11) is 2.14. The average Bonchev–Trinajstić information content (AvgIpc) is 2.99. The second-order valence-corrected chi connectivity index (χ2v) is 7.48. The van der Waals surface area contributed by atoms with Crippen LogP contribution in [0.2, 0.25) is 0 Å². The number of hydrogen-bond acceptors (Lipinski definition) is 4. The molecule has 2 heterocycles. The van der Waals surface area contributed by atoms with Gasteiger partial charge in [0, 0.05) is 24.2 Å². The van der Waals surface area contributed by atoms with E-state index in [1.54, 1.807) is 24.3 Å². The topological polar surface area (TPSA) is 56.6 Å². The predicted octanol–water partition coefficient (Wildman–Crippen LogP) is 3.08. The van der Waals surface area contributed by atoms with E-state index in [0.29, 0.717) is 17.2 Å². The third-order valence-corrected chi connectivity index (χ3v) is 5.57. The maximum absolute atomic E-state index is 13.1. The van der Waals surface area contributed by atoms with Crippen LogP contribution >= 0.6 is 0 Å². The molecule has 1 amide bonds. The molecule has 5 nitrogen and oxygen atoms in total. The molecule has 2 aliphatic heterocycles. The summed E-state index contributed by atoms with van der Waals surface area (Å²) in [6.45, 7) is 4.06. The van der Waals surface area contributed by atoms with Gasteiger partial charge < -0.3 is 14.5 Å². The van der Waals surface area contributed by atoms with Gasteiger partial charge >= 0.3 is 0 Å². The van der Waals surface area contributed by atoms with Gasteiger partial charge in [0.25, 0.3) is 5.91 Å². The standard InChI is InChI=1S/C22H23N3O2/c1-15-3-8-20-18(11-15)19-13-24(2)10-9-21(19)25(20)22(26)14-27-17-6-4-16(12-23)5-7-17/h3-8,11,19,21H,9-10,13-14H2,1-2H3/t19-,21-/m0/s1. The summed E-state index contributed by atoms with van der Waals surface area (Å²) in [6.07, 6.45) is 0.970. The second kappa shape index (κ2) is 7.05. The van der Waals surface area contributed by atoms with Gasteiger partial charge in [-0.2, -0.15) is 5.26 Å². The van der Waals surface area contributed by atoms with Crippen LogP contribution in [0.4, 0.5) is 5.69 Å². The van der Waals surface area contributed by atoms with E-state index in [4.69, 9.17) is 10.00 Å². The van der Waals surface area contributed by atoms with Crippen molar-refractivity contribution in [3.63, 3.8) is 0 Å². The first kappa shape index (κ1) is 17.6. The van der Waals surface area contributed by atoms with Crippen LogP contribution in [0.25, 0.3) is 0 Å². The molecule has 2 aliphatic rings. The second-order valence-electron chi connectivity index (χ2n) is 7.48. The maximum Gasteiger partial charge on any atom is 0.265 e. The molecule has 5 heteroatoms. The van der Waals surface area contributed by atoms with Crippen molar-refractivity contribution in [1.29, 1.82) is 5.26 Å². The van der Waals surface area contributed by atoms with E-state index < -0.39 is 0 Å². The van der Waals surface area contributed by atoms with Crippen molar-refractivity contribution in [3.8, 4) is 11.8 Å². The fourth-order valence-electron chi connectivity index (χ4n) is 4.25. The summed E-state index contributed by atoms with van der Waals surface area (Å²) in [5, 5.41) is 8.88. The van der Waals surface area contributed by atoms with Crippen molar-refractivity contribution in [2.45, 2.75) is 25.3 Å². The molecule has 27 heavy (non-hydrogen) atoms. The molecule has 0 aliphatic carbocycles. The third-order valence-electron chi connectivity index (χ3n) is 5.57. The number of aryl methyl sites for hydroxylation is 1. The Morgan fingerprint density at radius 2 is 2.04 bits per heavy atom. The highest BCUT2D eigenvalue weighted by atomic mass is 16.5. The molecule has 0 spiro atoms. The number of piperidine rings is 1. The Bertz CT molecular complexity index is 901. The van der Waals surface area contributed by atoms with Gasteiger partial charge in [-0.1, -0.05) is 17.7 Å². The van der Waals surface area contributed by atoms with Gasteiger partial charge in [-0.3, -0.25) is 4.79 Å². The number of benzene rings is 2. The highest BCUT2D eigenvalue weighted by Gasteiger charge is 2.43. The predicted molar refractivity (Wildman–Crippen MR) is 104 cm³/mol. The molecule has 2 atom stereocenters. The number of fused-ring (bicyclic) bond motifs is 3. The third kappa shape index (κ3) is 3.29. The highest BCUT2D eigenvalue weighted by Crippen LogP contribution is 2.44. The SMILES string of the molecule is Cc1ccc2c(c1)[C@@H]1CN(C)CC[C@@H]1N2C(=O)COc1ccc(C#N)cc1. The van der Waals surface area contributed by atoms with Crippen LogP contribution in [0.1, 0.15) is 29.0 Å². The molecule has 0 unspecified atom stereocenters. The molecule has 2 aromatic rings. The molecule has 0 bridgehead atoms. The Morgan fingerprint density at radius 3 is 2.78 bits per heavy atom. The molecule has 4 rings (SSSR count). The van der Waals surface area contributed by atoms with Crippen molar-refractivity contribution >= 4 is 11.6 Å². The average molecular weight is 361 g/mol. The molecule has 0 aromatic heterocycles. The van der Waals surface area contributed by atoms with Crippen LogP contribution < -0.4 is 9.64 Å². The van der Waals surface area contributed by atoms with Gasteiger partial charge in [0.05, 0.1) is 11.6 Å². The lowest BCUT2D eigenvalue weighted by molar-refractivity contribution is -0.121. The van der Waals surface area contributed by atoms with Crippen molar-refractivity contribution in [2.75, 3.05) is 31.6 Å². The number of likely N-dealkylation sites (N-methyl/N-ethyl adjacent to an activating group) is 1. The first-order valence-electron chi connectivity index (χ1n) is 9.31. The van der Waals surface area contributed by atoms with E-state index in [9.17, 15) is 4.79 Å². The minimum Gasteiger partial charge on any atom is -0.484 e. The van der Waals surface area contributed by atoms with Crippen molar-refractivity contribution in [1.82, 2.24) is 4.90 Å². The number of likely N-dealkylation sites (tertiary alicyclic amines) is 1. The minimum atomic E-state index is -0.0125. The molecular formula is C22H23N3O2. The number of carbonyl (C=O) groups is 1. The normalized spacial score (nSPS) is 21.3. The van der Waals surface area contributed by atoms with Crippen LogP contribution in [-0.4, -0.2) is 43.6 Å². The Kier molecular flexibility index (Phi) is 4.59. The fraction of sp³-hybridized carbons (Fsp3) is 0.364. The van der Waals surface area contributed by atoms with Crippen molar-refractivity contribution in [3.05, 3.63) is 59.2 Å². The van der Waals surface area contributed by atoms with Crippen LogP contribution in [0.5, 0.6) is 5.75 Å². The van der Waals surface area contributed by atoms with Crippen LogP contribution in [0, 0.1) is 18.3 Å².